The zero-order valence-electron chi connectivity index (χ0n) is 16.2. The number of anilines is 3. The van der Waals surface area contributed by atoms with Gasteiger partial charge in [-0.2, -0.15) is 0 Å². The summed E-state index contributed by atoms with van der Waals surface area (Å²) in [5.74, 6) is -2.17. The van der Waals surface area contributed by atoms with Gasteiger partial charge in [0.25, 0.3) is 17.7 Å². The predicted molar refractivity (Wildman–Crippen MR) is 124 cm³/mol. The molecular formula is C23H14BrClFN3O3. The van der Waals surface area contributed by atoms with Crippen molar-refractivity contribution < 1.29 is 18.8 Å². The van der Waals surface area contributed by atoms with E-state index in [0.29, 0.717) is 16.9 Å². The second kappa shape index (κ2) is 8.94. The van der Waals surface area contributed by atoms with Crippen molar-refractivity contribution in [3.8, 4) is 0 Å². The maximum atomic E-state index is 13.2. The summed E-state index contributed by atoms with van der Waals surface area (Å²) in [5.41, 5.74) is 1.61. The molecule has 1 aliphatic rings. The zero-order valence-corrected chi connectivity index (χ0v) is 18.6. The van der Waals surface area contributed by atoms with Crippen molar-refractivity contribution in [1.82, 2.24) is 0 Å². The van der Waals surface area contributed by atoms with E-state index < -0.39 is 17.6 Å². The number of hydrogen-bond donors (Lipinski definition) is 2. The first-order valence-electron chi connectivity index (χ1n) is 9.31. The standard InChI is InChI=1S/C23H14BrClFN3O3/c24-14-3-9-17(10-4-14)28-21(30)13-1-7-16(8-2-13)27-20-19(25)22(31)29(23(20)32)18-11-5-15(26)6-12-18/h1-12,27H,(H,28,30). The van der Waals surface area contributed by atoms with Crippen LogP contribution in [0.4, 0.5) is 21.5 Å². The van der Waals surface area contributed by atoms with Crippen LogP contribution in [0.5, 0.6) is 0 Å². The average Bonchev–Trinajstić information content (AvgIpc) is 3.00. The maximum Gasteiger partial charge on any atom is 0.283 e. The first kappa shape index (κ1) is 21.7. The van der Waals surface area contributed by atoms with E-state index in [0.717, 1.165) is 21.5 Å². The third kappa shape index (κ3) is 4.42. The van der Waals surface area contributed by atoms with Gasteiger partial charge in [-0.05, 0) is 72.8 Å². The smallest absolute Gasteiger partial charge is 0.283 e. The van der Waals surface area contributed by atoms with Crippen LogP contribution in [0.15, 0.2) is 88.0 Å². The van der Waals surface area contributed by atoms with Gasteiger partial charge in [-0.3, -0.25) is 14.4 Å². The van der Waals surface area contributed by atoms with Crippen LogP contribution in [0.25, 0.3) is 0 Å². The van der Waals surface area contributed by atoms with Gasteiger partial charge in [-0.15, -0.1) is 0 Å². The topological polar surface area (TPSA) is 78.5 Å². The van der Waals surface area contributed by atoms with E-state index in [4.69, 9.17) is 11.6 Å². The molecule has 0 saturated carbocycles. The fourth-order valence-electron chi connectivity index (χ4n) is 3.02. The monoisotopic (exact) mass is 513 g/mol. The number of benzene rings is 3. The normalized spacial score (nSPS) is 13.5. The van der Waals surface area contributed by atoms with Gasteiger partial charge in [-0.1, -0.05) is 27.5 Å². The zero-order chi connectivity index (χ0) is 22.8. The third-order valence-electron chi connectivity index (χ3n) is 4.63. The Balaban J connectivity index is 1.47. The van der Waals surface area contributed by atoms with Crippen molar-refractivity contribution in [2.24, 2.45) is 0 Å². The molecule has 0 unspecified atom stereocenters. The highest BCUT2D eigenvalue weighted by molar-refractivity contribution is 9.10. The summed E-state index contributed by atoms with van der Waals surface area (Å²) in [5, 5.41) is 5.33. The first-order chi connectivity index (χ1) is 15.3. The molecule has 1 heterocycles. The van der Waals surface area contributed by atoms with Crippen molar-refractivity contribution >= 4 is 62.3 Å². The van der Waals surface area contributed by atoms with Crippen molar-refractivity contribution in [2.75, 3.05) is 15.5 Å². The minimum absolute atomic E-state index is 0.104. The molecule has 3 aromatic carbocycles. The number of nitrogens with one attached hydrogen (secondary N) is 2. The number of nitrogens with zero attached hydrogens (tertiary/aromatic N) is 1. The van der Waals surface area contributed by atoms with Gasteiger partial charge in [0.1, 0.15) is 16.5 Å². The molecule has 3 aromatic rings. The SMILES string of the molecule is O=C(Nc1ccc(Br)cc1)c1ccc(NC2=C(Cl)C(=O)N(c3ccc(F)cc3)C2=O)cc1. The summed E-state index contributed by atoms with van der Waals surface area (Å²) in [6.45, 7) is 0. The van der Waals surface area contributed by atoms with Gasteiger partial charge < -0.3 is 10.6 Å². The second-order valence-electron chi connectivity index (χ2n) is 6.77. The van der Waals surface area contributed by atoms with E-state index in [-0.39, 0.29) is 22.3 Å². The predicted octanol–water partition coefficient (Wildman–Crippen LogP) is 5.28. The second-order valence-corrected chi connectivity index (χ2v) is 8.07. The number of rotatable bonds is 5. The van der Waals surface area contributed by atoms with E-state index in [9.17, 15) is 18.8 Å². The largest absolute Gasteiger partial charge is 0.350 e. The summed E-state index contributed by atoms with van der Waals surface area (Å²) in [7, 11) is 0. The van der Waals surface area contributed by atoms with Gasteiger partial charge in [0.15, 0.2) is 0 Å². The van der Waals surface area contributed by atoms with Gasteiger partial charge in [0.05, 0.1) is 5.69 Å². The Bertz CT molecular complexity index is 1240. The first-order valence-corrected chi connectivity index (χ1v) is 10.5. The van der Waals surface area contributed by atoms with Crippen LogP contribution in [0.3, 0.4) is 0 Å². The fraction of sp³-hybridized carbons (Fsp3) is 0. The van der Waals surface area contributed by atoms with E-state index in [1.165, 1.54) is 12.1 Å². The van der Waals surface area contributed by atoms with E-state index in [1.54, 1.807) is 36.4 Å². The highest BCUT2D eigenvalue weighted by atomic mass is 79.9. The average molecular weight is 515 g/mol. The molecule has 9 heteroatoms. The van der Waals surface area contributed by atoms with Crippen LogP contribution in [0, 0.1) is 5.82 Å². The molecule has 3 amide bonds. The lowest BCUT2D eigenvalue weighted by Crippen LogP contribution is -2.32. The molecule has 0 aromatic heterocycles. The van der Waals surface area contributed by atoms with Crippen molar-refractivity contribution in [2.45, 2.75) is 0 Å². The highest BCUT2D eigenvalue weighted by Gasteiger charge is 2.38. The quantitative estimate of drug-likeness (QED) is 0.454. The summed E-state index contributed by atoms with van der Waals surface area (Å²) < 4.78 is 14.1. The number of carbonyl (C=O) groups is 3. The Labute approximate surface area is 195 Å². The molecule has 0 atom stereocenters. The number of halogens is 3. The Hall–Kier alpha value is -3.49. The van der Waals surface area contributed by atoms with Gasteiger partial charge in [0, 0.05) is 21.4 Å². The van der Waals surface area contributed by atoms with Crippen LogP contribution in [-0.2, 0) is 9.59 Å². The van der Waals surface area contributed by atoms with Crippen molar-refractivity contribution in [3.05, 3.63) is 99.4 Å². The van der Waals surface area contributed by atoms with Crippen molar-refractivity contribution in [3.63, 3.8) is 0 Å². The van der Waals surface area contributed by atoms with Crippen LogP contribution in [-0.4, -0.2) is 17.7 Å². The molecule has 0 saturated heterocycles. The highest BCUT2D eigenvalue weighted by Crippen LogP contribution is 2.30. The Morgan fingerprint density at radius 1 is 0.844 bits per heavy atom. The van der Waals surface area contributed by atoms with Crippen molar-refractivity contribution in [1.29, 1.82) is 0 Å². The minimum atomic E-state index is -0.712. The van der Waals surface area contributed by atoms with Crippen LogP contribution in [0.1, 0.15) is 10.4 Å². The molecule has 4 rings (SSSR count). The maximum absolute atomic E-state index is 13.2. The molecule has 0 spiro atoms. The fourth-order valence-corrected chi connectivity index (χ4v) is 3.50. The van der Waals surface area contributed by atoms with Crippen LogP contribution >= 0.6 is 27.5 Å². The lowest BCUT2D eigenvalue weighted by molar-refractivity contribution is -0.120. The molecule has 160 valence electrons. The van der Waals surface area contributed by atoms with Gasteiger partial charge >= 0.3 is 0 Å². The Morgan fingerprint density at radius 3 is 2.06 bits per heavy atom. The lowest BCUT2D eigenvalue weighted by Gasteiger charge is -2.15. The van der Waals surface area contributed by atoms with Gasteiger partial charge in [-0.25, -0.2) is 9.29 Å². The number of hydrogen-bond acceptors (Lipinski definition) is 4. The molecular weight excluding hydrogens is 501 g/mol. The minimum Gasteiger partial charge on any atom is -0.350 e. The Kier molecular flexibility index (Phi) is 6.07. The summed E-state index contributed by atoms with van der Waals surface area (Å²) in [6.07, 6.45) is 0. The summed E-state index contributed by atoms with van der Waals surface area (Å²) >= 11 is 9.43. The van der Waals surface area contributed by atoms with E-state index in [1.807, 2.05) is 12.1 Å². The lowest BCUT2D eigenvalue weighted by atomic mass is 10.2. The molecule has 6 nitrogen and oxygen atoms in total. The molecule has 1 aliphatic heterocycles. The number of carbonyl (C=O) groups excluding carboxylic acids is 3. The third-order valence-corrected chi connectivity index (χ3v) is 5.51. The molecule has 0 radical (unpaired) electrons. The summed E-state index contributed by atoms with van der Waals surface area (Å²) in [6, 6.07) is 18.4. The summed E-state index contributed by atoms with van der Waals surface area (Å²) in [4.78, 5) is 38.5. The molecule has 0 bridgehead atoms. The Morgan fingerprint density at radius 2 is 1.44 bits per heavy atom. The number of imide groups is 1. The van der Waals surface area contributed by atoms with E-state index >= 15 is 0 Å². The van der Waals surface area contributed by atoms with Crippen LogP contribution < -0.4 is 15.5 Å². The van der Waals surface area contributed by atoms with Crippen LogP contribution in [0.2, 0.25) is 0 Å². The number of amides is 3. The van der Waals surface area contributed by atoms with E-state index in [2.05, 4.69) is 26.6 Å². The van der Waals surface area contributed by atoms with Gasteiger partial charge in [0.2, 0.25) is 0 Å². The molecule has 32 heavy (non-hydrogen) atoms. The molecule has 0 fully saturated rings. The molecule has 2 N–H and O–H groups in total. The molecule has 0 aliphatic carbocycles.